The maximum atomic E-state index is 12.4. The summed E-state index contributed by atoms with van der Waals surface area (Å²) in [5, 5.41) is 0. The normalized spacial score (nSPS) is 11.3. The Morgan fingerprint density at radius 1 is 1.07 bits per heavy atom. The number of carbonyl (C=O) groups excluding carboxylic acids is 2. The van der Waals surface area contributed by atoms with Crippen LogP contribution in [-0.2, 0) is 19.6 Å². The Balaban J connectivity index is 2.21. The Labute approximate surface area is 171 Å². The van der Waals surface area contributed by atoms with Gasteiger partial charge in [-0.1, -0.05) is 16.6 Å². The van der Waals surface area contributed by atoms with E-state index in [0.717, 1.165) is 6.07 Å². The number of carbonyl (C=O) groups is 2. The van der Waals surface area contributed by atoms with Crippen LogP contribution in [0.4, 0.5) is 0 Å². The van der Waals surface area contributed by atoms with E-state index >= 15 is 0 Å². The first-order chi connectivity index (χ1) is 13.2. The van der Waals surface area contributed by atoms with Crippen LogP contribution >= 0.6 is 15.9 Å². The van der Waals surface area contributed by atoms with Gasteiger partial charge in [-0.2, -0.15) is 0 Å². The average molecular weight is 472 g/mol. The van der Waals surface area contributed by atoms with Gasteiger partial charge in [-0.3, -0.25) is 9.63 Å². The van der Waals surface area contributed by atoms with E-state index in [2.05, 4.69) is 15.9 Å². The second kappa shape index (κ2) is 9.28. The summed E-state index contributed by atoms with van der Waals surface area (Å²) in [5.74, 6) is -0.947. The number of Topliss-reactive ketones (excluding diaryl/α,β-unsaturated/α-hetero) is 1. The molecule has 0 heterocycles. The Hall–Kier alpha value is -2.27. The van der Waals surface area contributed by atoms with Crippen LogP contribution in [-0.4, -0.2) is 52.5 Å². The van der Waals surface area contributed by atoms with Crippen molar-refractivity contribution in [3.05, 3.63) is 58.1 Å². The van der Waals surface area contributed by atoms with E-state index in [1.165, 1.54) is 33.4 Å². The molecule has 2 aromatic rings. The van der Waals surface area contributed by atoms with Crippen molar-refractivity contribution < 1.29 is 32.3 Å². The SMILES string of the molecule is COc1ccccc1C(=O)COC(=O)c1cc(S(=O)(=O)N(C)OC)ccc1Br. The third-order valence-electron chi connectivity index (χ3n) is 3.79. The molecule has 0 aromatic heterocycles. The molecule has 0 fully saturated rings. The van der Waals surface area contributed by atoms with Crippen LogP contribution in [0.1, 0.15) is 20.7 Å². The number of hydrogen-bond donors (Lipinski definition) is 0. The predicted octanol–water partition coefficient (Wildman–Crippen LogP) is 2.68. The van der Waals surface area contributed by atoms with E-state index in [1.54, 1.807) is 24.3 Å². The summed E-state index contributed by atoms with van der Waals surface area (Å²) >= 11 is 3.18. The molecule has 2 rings (SSSR count). The van der Waals surface area contributed by atoms with Crippen molar-refractivity contribution in [3.8, 4) is 5.75 Å². The number of para-hydroxylation sites is 1. The summed E-state index contributed by atoms with van der Waals surface area (Å²) in [6.45, 7) is -0.527. The lowest BCUT2D eigenvalue weighted by Gasteiger charge is -2.15. The van der Waals surface area contributed by atoms with Gasteiger partial charge in [-0.05, 0) is 46.3 Å². The smallest absolute Gasteiger partial charge is 0.339 e. The number of nitrogens with zero attached hydrogens (tertiary/aromatic N) is 1. The third-order valence-corrected chi connectivity index (χ3v) is 6.16. The van der Waals surface area contributed by atoms with E-state index in [0.29, 0.717) is 14.7 Å². The van der Waals surface area contributed by atoms with Gasteiger partial charge in [0.25, 0.3) is 10.0 Å². The fourth-order valence-electron chi connectivity index (χ4n) is 2.23. The lowest BCUT2D eigenvalue weighted by atomic mass is 10.1. The molecule has 0 bridgehead atoms. The average Bonchev–Trinajstić information content (AvgIpc) is 2.71. The van der Waals surface area contributed by atoms with Gasteiger partial charge in [0.05, 0.1) is 30.2 Å². The van der Waals surface area contributed by atoms with Gasteiger partial charge in [-0.15, -0.1) is 0 Å². The molecule has 0 atom stereocenters. The fourth-order valence-corrected chi connectivity index (χ4v) is 3.64. The Bertz CT molecular complexity index is 991. The van der Waals surface area contributed by atoms with Gasteiger partial charge in [0.1, 0.15) is 5.75 Å². The van der Waals surface area contributed by atoms with E-state index in [1.807, 2.05) is 0 Å². The first kappa shape index (κ1) is 22.0. The molecule has 0 aliphatic rings. The van der Waals surface area contributed by atoms with Gasteiger partial charge < -0.3 is 9.47 Å². The topological polar surface area (TPSA) is 99.2 Å². The zero-order chi connectivity index (χ0) is 20.9. The zero-order valence-corrected chi connectivity index (χ0v) is 17.7. The molecule has 150 valence electrons. The van der Waals surface area contributed by atoms with Gasteiger partial charge in [0.15, 0.2) is 6.61 Å². The molecule has 0 radical (unpaired) electrons. The number of benzene rings is 2. The van der Waals surface area contributed by atoms with Crippen molar-refractivity contribution in [1.82, 2.24) is 4.47 Å². The van der Waals surface area contributed by atoms with Gasteiger partial charge in [0, 0.05) is 11.5 Å². The highest BCUT2D eigenvalue weighted by atomic mass is 79.9. The largest absolute Gasteiger partial charge is 0.496 e. The summed E-state index contributed by atoms with van der Waals surface area (Å²) in [4.78, 5) is 29.3. The number of ether oxygens (including phenoxy) is 2. The molecular weight excluding hydrogens is 454 g/mol. The van der Waals surface area contributed by atoms with E-state index in [4.69, 9.17) is 14.3 Å². The summed E-state index contributed by atoms with van der Waals surface area (Å²) in [6.07, 6.45) is 0. The highest BCUT2D eigenvalue weighted by Crippen LogP contribution is 2.24. The number of methoxy groups -OCH3 is 1. The standard InChI is InChI=1S/C18H18BrNO7S/c1-20(26-3)28(23,24)12-8-9-15(19)14(10-12)18(22)27-11-16(21)13-6-4-5-7-17(13)25-2/h4-10H,11H2,1-3H3. The van der Waals surface area contributed by atoms with Crippen molar-refractivity contribution >= 4 is 37.7 Å². The lowest BCUT2D eigenvalue weighted by Crippen LogP contribution is -2.26. The Kier molecular flexibility index (Phi) is 7.30. The Morgan fingerprint density at radius 3 is 2.39 bits per heavy atom. The molecule has 0 spiro atoms. The molecule has 2 aromatic carbocycles. The monoisotopic (exact) mass is 471 g/mol. The molecule has 0 aliphatic carbocycles. The van der Waals surface area contributed by atoms with Crippen LogP contribution in [0, 0.1) is 0 Å². The van der Waals surface area contributed by atoms with Crippen LogP contribution in [0.5, 0.6) is 5.75 Å². The molecule has 0 saturated carbocycles. The molecule has 0 N–H and O–H groups in total. The first-order valence-corrected chi connectivity index (χ1v) is 10.1. The van der Waals surface area contributed by atoms with Crippen LogP contribution in [0.15, 0.2) is 51.8 Å². The second-order valence-corrected chi connectivity index (χ2v) is 8.23. The predicted molar refractivity (Wildman–Crippen MR) is 104 cm³/mol. The quantitative estimate of drug-likeness (QED) is 0.331. The maximum Gasteiger partial charge on any atom is 0.339 e. The van der Waals surface area contributed by atoms with Crippen LogP contribution in [0.2, 0.25) is 0 Å². The zero-order valence-electron chi connectivity index (χ0n) is 15.3. The van der Waals surface area contributed by atoms with Crippen LogP contribution in [0.25, 0.3) is 0 Å². The minimum Gasteiger partial charge on any atom is -0.496 e. The lowest BCUT2D eigenvalue weighted by molar-refractivity contribution is -0.0258. The van der Waals surface area contributed by atoms with E-state index in [-0.39, 0.29) is 16.0 Å². The molecule has 0 aliphatic heterocycles. The van der Waals surface area contributed by atoms with Crippen molar-refractivity contribution in [3.63, 3.8) is 0 Å². The fraction of sp³-hybridized carbons (Fsp3) is 0.222. The summed E-state index contributed by atoms with van der Waals surface area (Å²) in [5.41, 5.74) is 0.230. The summed E-state index contributed by atoms with van der Waals surface area (Å²) in [6, 6.07) is 10.4. The van der Waals surface area contributed by atoms with Crippen molar-refractivity contribution in [2.45, 2.75) is 4.90 Å². The van der Waals surface area contributed by atoms with Gasteiger partial charge in [-0.25, -0.2) is 13.2 Å². The number of hydrogen-bond acceptors (Lipinski definition) is 7. The maximum absolute atomic E-state index is 12.4. The summed E-state index contributed by atoms with van der Waals surface area (Å²) < 4.78 is 35.8. The molecular formula is C18H18BrNO7S. The minimum atomic E-state index is -3.95. The second-order valence-electron chi connectivity index (χ2n) is 5.44. The third kappa shape index (κ3) is 4.76. The molecule has 0 unspecified atom stereocenters. The minimum absolute atomic E-state index is 0.0431. The van der Waals surface area contributed by atoms with Crippen LogP contribution in [0.3, 0.4) is 0 Å². The van der Waals surface area contributed by atoms with Crippen molar-refractivity contribution in [1.29, 1.82) is 0 Å². The molecule has 0 saturated heterocycles. The molecule has 0 amide bonds. The van der Waals surface area contributed by atoms with Crippen molar-refractivity contribution in [2.75, 3.05) is 27.9 Å². The van der Waals surface area contributed by atoms with Gasteiger partial charge >= 0.3 is 5.97 Å². The molecule has 8 nitrogen and oxygen atoms in total. The molecule has 10 heteroatoms. The van der Waals surface area contributed by atoms with E-state index < -0.39 is 28.4 Å². The first-order valence-electron chi connectivity index (χ1n) is 7.88. The number of hydroxylamine groups is 1. The number of halogens is 1. The van der Waals surface area contributed by atoms with Crippen molar-refractivity contribution in [2.24, 2.45) is 0 Å². The van der Waals surface area contributed by atoms with Gasteiger partial charge in [0.2, 0.25) is 5.78 Å². The number of sulfonamides is 1. The number of rotatable bonds is 8. The summed E-state index contributed by atoms with van der Waals surface area (Å²) in [7, 11) is -0.0904. The van der Waals surface area contributed by atoms with Crippen LogP contribution < -0.4 is 4.74 Å². The highest BCUT2D eigenvalue weighted by molar-refractivity contribution is 9.10. The highest BCUT2D eigenvalue weighted by Gasteiger charge is 2.24. The number of ketones is 1. The number of esters is 1. The Morgan fingerprint density at radius 2 is 1.75 bits per heavy atom. The molecule has 28 heavy (non-hydrogen) atoms. The van der Waals surface area contributed by atoms with E-state index in [9.17, 15) is 18.0 Å².